The Labute approximate surface area is 125 Å². The molecule has 20 heavy (non-hydrogen) atoms. The first-order valence-electron chi connectivity index (χ1n) is 8.86. The van der Waals surface area contributed by atoms with Gasteiger partial charge in [0.1, 0.15) is 0 Å². The van der Waals surface area contributed by atoms with Crippen molar-refractivity contribution in [1.29, 1.82) is 0 Å². The fourth-order valence-electron chi connectivity index (χ4n) is 4.29. The van der Waals surface area contributed by atoms with Gasteiger partial charge in [-0.05, 0) is 70.4 Å². The van der Waals surface area contributed by atoms with Crippen LogP contribution in [0.15, 0.2) is 0 Å². The average Bonchev–Trinajstić information content (AvgIpc) is 2.70. The zero-order valence-corrected chi connectivity index (χ0v) is 14.1. The summed E-state index contributed by atoms with van der Waals surface area (Å²) in [7, 11) is 0. The van der Waals surface area contributed by atoms with Crippen molar-refractivity contribution < 1.29 is 5.11 Å². The molecule has 4 atom stereocenters. The second-order valence-electron chi connectivity index (χ2n) is 8.03. The van der Waals surface area contributed by atoms with Crippen LogP contribution in [0.4, 0.5) is 0 Å². The van der Waals surface area contributed by atoms with E-state index in [0.717, 1.165) is 11.8 Å². The van der Waals surface area contributed by atoms with Gasteiger partial charge in [0.2, 0.25) is 0 Å². The number of aliphatic hydroxyl groups is 1. The zero-order valence-electron chi connectivity index (χ0n) is 14.1. The van der Waals surface area contributed by atoms with E-state index < -0.39 is 0 Å². The first kappa shape index (κ1) is 16.3. The molecule has 2 heteroatoms. The number of aliphatic hydroxyl groups excluding tert-OH is 1. The van der Waals surface area contributed by atoms with Gasteiger partial charge in [-0.2, -0.15) is 0 Å². The van der Waals surface area contributed by atoms with Gasteiger partial charge in [-0.1, -0.05) is 33.1 Å². The van der Waals surface area contributed by atoms with Crippen LogP contribution >= 0.6 is 0 Å². The van der Waals surface area contributed by atoms with Gasteiger partial charge in [0.25, 0.3) is 0 Å². The molecular weight excluding hydrogens is 246 g/mol. The Morgan fingerprint density at radius 2 is 1.55 bits per heavy atom. The summed E-state index contributed by atoms with van der Waals surface area (Å²) in [5.41, 5.74) is -0.0602. The molecule has 4 unspecified atom stereocenters. The normalized spacial score (nSPS) is 35.5. The molecule has 0 aromatic heterocycles. The van der Waals surface area contributed by atoms with E-state index in [1.165, 1.54) is 58.0 Å². The molecule has 0 bridgehead atoms. The van der Waals surface area contributed by atoms with Crippen LogP contribution in [0, 0.1) is 17.8 Å². The molecule has 0 amide bonds. The molecule has 0 radical (unpaired) electrons. The van der Waals surface area contributed by atoms with Crippen molar-refractivity contribution in [3.05, 3.63) is 0 Å². The molecule has 1 aliphatic carbocycles. The Hall–Kier alpha value is -0.0800. The van der Waals surface area contributed by atoms with E-state index >= 15 is 0 Å². The molecule has 2 fully saturated rings. The molecule has 2 nitrogen and oxygen atoms in total. The SMILES string of the molecule is CC1CCC(C(O)C(C)(C)N2CCCCCC2)CC1C. The molecular formula is C18H35NO. The van der Waals surface area contributed by atoms with Gasteiger partial charge in [0, 0.05) is 5.54 Å². The van der Waals surface area contributed by atoms with Crippen LogP contribution in [0.25, 0.3) is 0 Å². The molecule has 0 spiro atoms. The highest BCUT2D eigenvalue weighted by molar-refractivity contribution is 4.95. The van der Waals surface area contributed by atoms with Crippen LogP contribution in [0.3, 0.4) is 0 Å². The van der Waals surface area contributed by atoms with Crippen molar-refractivity contribution in [2.24, 2.45) is 17.8 Å². The average molecular weight is 281 g/mol. The molecule has 2 rings (SSSR count). The molecule has 0 aromatic carbocycles. The van der Waals surface area contributed by atoms with E-state index in [1.54, 1.807) is 0 Å². The number of rotatable bonds is 3. The van der Waals surface area contributed by atoms with Gasteiger partial charge >= 0.3 is 0 Å². The summed E-state index contributed by atoms with van der Waals surface area (Å²) < 4.78 is 0. The zero-order chi connectivity index (χ0) is 14.8. The standard InChI is InChI=1S/C18H35NO/c1-14-9-10-16(13-15(14)2)17(20)18(3,4)19-11-7-5-6-8-12-19/h14-17,20H,5-13H2,1-4H3. The van der Waals surface area contributed by atoms with Crippen molar-refractivity contribution in [2.75, 3.05) is 13.1 Å². The first-order chi connectivity index (χ1) is 9.43. The van der Waals surface area contributed by atoms with Gasteiger partial charge < -0.3 is 5.11 Å². The van der Waals surface area contributed by atoms with E-state index in [1.807, 2.05) is 0 Å². The summed E-state index contributed by atoms with van der Waals surface area (Å²) in [6.45, 7) is 11.6. The topological polar surface area (TPSA) is 23.5 Å². The Balaban J connectivity index is 2.00. The monoisotopic (exact) mass is 281 g/mol. The minimum absolute atomic E-state index is 0.0602. The minimum atomic E-state index is -0.171. The van der Waals surface area contributed by atoms with Gasteiger partial charge in [-0.25, -0.2) is 0 Å². The van der Waals surface area contributed by atoms with Crippen molar-refractivity contribution in [3.63, 3.8) is 0 Å². The van der Waals surface area contributed by atoms with E-state index in [-0.39, 0.29) is 11.6 Å². The predicted molar refractivity (Wildman–Crippen MR) is 85.8 cm³/mol. The van der Waals surface area contributed by atoms with E-state index in [2.05, 4.69) is 32.6 Å². The summed E-state index contributed by atoms with van der Waals surface area (Å²) in [4.78, 5) is 2.56. The molecule has 118 valence electrons. The summed E-state index contributed by atoms with van der Waals surface area (Å²) in [6.07, 6.45) is 8.86. The van der Waals surface area contributed by atoms with Crippen molar-refractivity contribution in [2.45, 2.75) is 84.3 Å². The summed E-state index contributed by atoms with van der Waals surface area (Å²) in [6, 6.07) is 0. The Bertz CT molecular complexity index is 294. The van der Waals surface area contributed by atoms with Crippen LogP contribution in [0.2, 0.25) is 0 Å². The molecule has 2 aliphatic rings. The fraction of sp³-hybridized carbons (Fsp3) is 1.00. The fourth-order valence-corrected chi connectivity index (χ4v) is 4.29. The Morgan fingerprint density at radius 1 is 0.950 bits per heavy atom. The lowest BCUT2D eigenvalue weighted by Gasteiger charge is -2.46. The van der Waals surface area contributed by atoms with Crippen molar-refractivity contribution in [1.82, 2.24) is 4.90 Å². The molecule has 1 saturated heterocycles. The van der Waals surface area contributed by atoms with Crippen LogP contribution in [0.1, 0.15) is 72.6 Å². The summed E-state index contributed by atoms with van der Waals surface area (Å²) >= 11 is 0. The van der Waals surface area contributed by atoms with E-state index in [9.17, 15) is 5.11 Å². The van der Waals surface area contributed by atoms with E-state index in [0.29, 0.717) is 5.92 Å². The quantitative estimate of drug-likeness (QED) is 0.843. The maximum absolute atomic E-state index is 11.0. The maximum Gasteiger partial charge on any atom is 0.0746 e. The molecule has 0 aromatic rings. The van der Waals surface area contributed by atoms with Gasteiger partial charge in [-0.15, -0.1) is 0 Å². The number of hydrogen-bond donors (Lipinski definition) is 1. The Morgan fingerprint density at radius 3 is 2.10 bits per heavy atom. The van der Waals surface area contributed by atoms with E-state index in [4.69, 9.17) is 0 Å². The second-order valence-corrected chi connectivity index (χ2v) is 8.03. The molecule has 1 aliphatic heterocycles. The number of likely N-dealkylation sites (tertiary alicyclic amines) is 1. The van der Waals surface area contributed by atoms with Crippen LogP contribution in [0.5, 0.6) is 0 Å². The predicted octanol–water partition coefficient (Wildman–Crippen LogP) is 4.07. The third-order valence-electron chi connectivity index (χ3n) is 6.23. The number of hydrogen-bond acceptors (Lipinski definition) is 2. The lowest BCUT2D eigenvalue weighted by Crippen LogP contribution is -2.56. The highest BCUT2D eigenvalue weighted by atomic mass is 16.3. The number of nitrogens with zero attached hydrogens (tertiary/aromatic N) is 1. The third kappa shape index (κ3) is 3.57. The Kier molecular flexibility index (Phi) is 5.53. The van der Waals surface area contributed by atoms with Gasteiger partial charge in [0.05, 0.1) is 6.10 Å². The largest absolute Gasteiger partial charge is 0.391 e. The molecule has 1 heterocycles. The van der Waals surface area contributed by atoms with Gasteiger partial charge in [-0.3, -0.25) is 4.90 Å². The van der Waals surface area contributed by atoms with Crippen LogP contribution in [-0.4, -0.2) is 34.7 Å². The summed E-state index contributed by atoms with van der Waals surface area (Å²) in [5.74, 6) is 2.10. The van der Waals surface area contributed by atoms with Gasteiger partial charge in [0.15, 0.2) is 0 Å². The van der Waals surface area contributed by atoms with Crippen LogP contribution < -0.4 is 0 Å². The highest BCUT2D eigenvalue weighted by Crippen LogP contribution is 2.39. The summed E-state index contributed by atoms with van der Waals surface area (Å²) in [5, 5.41) is 11.0. The minimum Gasteiger partial charge on any atom is -0.391 e. The lowest BCUT2D eigenvalue weighted by molar-refractivity contribution is -0.0581. The van der Waals surface area contributed by atoms with Crippen LogP contribution in [-0.2, 0) is 0 Å². The smallest absolute Gasteiger partial charge is 0.0746 e. The van der Waals surface area contributed by atoms with Crippen molar-refractivity contribution in [3.8, 4) is 0 Å². The molecule has 1 saturated carbocycles. The molecule has 1 N–H and O–H groups in total. The highest BCUT2D eigenvalue weighted by Gasteiger charge is 2.40. The maximum atomic E-state index is 11.0. The van der Waals surface area contributed by atoms with Crippen molar-refractivity contribution >= 4 is 0 Å². The second kappa shape index (κ2) is 6.79. The lowest BCUT2D eigenvalue weighted by atomic mass is 9.70. The first-order valence-corrected chi connectivity index (χ1v) is 8.86. The third-order valence-corrected chi connectivity index (χ3v) is 6.23.